The second-order valence-corrected chi connectivity index (χ2v) is 2.26. The number of rotatable bonds is 4. The molecule has 8 heteroatoms. The molecule has 0 aliphatic carbocycles. The summed E-state index contributed by atoms with van der Waals surface area (Å²) >= 11 is 0. The maximum atomic E-state index is 7.17. The van der Waals surface area contributed by atoms with Gasteiger partial charge in [0.2, 0.25) is 0 Å². The predicted molar refractivity (Wildman–Crippen MR) is 42.5 cm³/mol. The van der Waals surface area contributed by atoms with Crippen molar-refractivity contribution in [2.75, 3.05) is 21.2 Å². The molecule has 8 nitrogen and oxygen atoms in total. The van der Waals surface area contributed by atoms with Crippen molar-refractivity contribution < 1.29 is 14.5 Å². The van der Waals surface area contributed by atoms with E-state index in [0.29, 0.717) is 0 Å². The Kier molecular flexibility index (Phi) is 3.27. The molecule has 1 heterocycles. The predicted octanol–water partition coefficient (Wildman–Crippen LogP) is -1.40. The molecule has 1 aliphatic rings. The van der Waals surface area contributed by atoms with Crippen LogP contribution in [-0.4, -0.2) is 43.7 Å². The average Bonchev–Trinajstić information content (AvgIpc) is 2.51. The summed E-state index contributed by atoms with van der Waals surface area (Å²) in [6, 6.07) is 0. The van der Waals surface area contributed by atoms with Crippen molar-refractivity contribution in [3.05, 3.63) is 0 Å². The molecule has 76 valence electrons. The Labute approximate surface area is 75.6 Å². The van der Waals surface area contributed by atoms with E-state index < -0.39 is 5.91 Å². The third kappa shape index (κ3) is 1.84. The van der Waals surface area contributed by atoms with Crippen LogP contribution < -0.4 is 11.0 Å². The molecule has 3 N–H and O–H groups in total. The molecule has 1 fully saturated rings. The zero-order valence-corrected chi connectivity index (χ0v) is 7.70. The smallest absolute Gasteiger partial charge is 0.306 e. The highest BCUT2D eigenvalue weighted by molar-refractivity contribution is 5.62. The monoisotopic (exact) mass is 191 g/mol. The molecule has 1 atom stereocenters. The Balaban J connectivity index is 2.74. The SMILES string of the molecule is CNN(OC)[C@]1(C=N)ONN(C)O1. The van der Waals surface area contributed by atoms with Crippen molar-refractivity contribution in [1.82, 2.24) is 21.4 Å². The molecular weight excluding hydrogens is 178 g/mol. The second-order valence-electron chi connectivity index (χ2n) is 2.26. The van der Waals surface area contributed by atoms with Gasteiger partial charge < -0.3 is 5.41 Å². The van der Waals surface area contributed by atoms with Crippen molar-refractivity contribution >= 4 is 6.21 Å². The molecule has 0 aromatic heterocycles. The fourth-order valence-electron chi connectivity index (χ4n) is 0.930. The molecule has 1 rings (SSSR count). The standard InChI is InChI=1S/C5H13N5O3/c1-7-10(11-3)5(4-6)12-8-9(2)13-5/h4,6-8H,1-3H3/t5-/m1/s1. The maximum Gasteiger partial charge on any atom is 0.338 e. The minimum atomic E-state index is -1.42. The first-order valence-electron chi connectivity index (χ1n) is 3.58. The molecule has 0 bridgehead atoms. The number of hydroxylamine groups is 2. The highest BCUT2D eigenvalue weighted by Crippen LogP contribution is 2.19. The lowest BCUT2D eigenvalue weighted by Gasteiger charge is -2.29. The van der Waals surface area contributed by atoms with Gasteiger partial charge in [0.1, 0.15) is 0 Å². The molecule has 0 radical (unpaired) electrons. The first kappa shape index (κ1) is 10.5. The Morgan fingerprint density at radius 3 is 2.77 bits per heavy atom. The van der Waals surface area contributed by atoms with Crippen LogP contribution in [0.15, 0.2) is 0 Å². The van der Waals surface area contributed by atoms with E-state index in [0.717, 1.165) is 11.4 Å². The van der Waals surface area contributed by atoms with Gasteiger partial charge in [-0.15, -0.1) is 5.59 Å². The summed E-state index contributed by atoms with van der Waals surface area (Å²) < 4.78 is 0. The van der Waals surface area contributed by atoms with E-state index in [-0.39, 0.29) is 0 Å². The summed E-state index contributed by atoms with van der Waals surface area (Å²) in [7, 11) is 4.63. The molecule has 1 saturated heterocycles. The summed E-state index contributed by atoms with van der Waals surface area (Å²) in [4.78, 5) is 15.0. The first-order chi connectivity index (χ1) is 6.18. The third-order valence-corrected chi connectivity index (χ3v) is 1.44. The Bertz CT molecular complexity index is 187. The van der Waals surface area contributed by atoms with Crippen molar-refractivity contribution in [2.24, 2.45) is 0 Å². The van der Waals surface area contributed by atoms with Gasteiger partial charge in [0.15, 0.2) is 0 Å². The normalized spacial score (nSPS) is 29.8. The van der Waals surface area contributed by atoms with Gasteiger partial charge in [-0.1, -0.05) is 10.3 Å². The zero-order valence-electron chi connectivity index (χ0n) is 7.70. The van der Waals surface area contributed by atoms with Gasteiger partial charge in [0.25, 0.3) is 0 Å². The quantitative estimate of drug-likeness (QED) is 0.372. The summed E-state index contributed by atoms with van der Waals surface area (Å²) in [6.45, 7) is 0. The largest absolute Gasteiger partial charge is 0.338 e. The van der Waals surface area contributed by atoms with Crippen LogP contribution in [0.5, 0.6) is 0 Å². The van der Waals surface area contributed by atoms with Crippen LogP contribution in [0, 0.1) is 5.41 Å². The van der Waals surface area contributed by atoms with Gasteiger partial charge in [-0.3, -0.25) is 4.84 Å². The van der Waals surface area contributed by atoms with E-state index in [1.165, 1.54) is 12.3 Å². The lowest BCUT2D eigenvalue weighted by molar-refractivity contribution is -0.371. The van der Waals surface area contributed by atoms with Gasteiger partial charge in [-0.25, -0.2) is 15.1 Å². The number of hydrogen-bond donors (Lipinski definition) is 3. The van der Waals surface area contributed by atoms with Gasteiger partial charge in [-0.05, 0) is 0 Å². The molecule has 0 amide bonds. The van der Waals surface area contributed by atoms with Crippen LogP contribution in [0.3, 0.4) is 0 Å². The number of nitrogens with zero attached hydrogens (tertiary/aromatic N) is 2. The highest BCUT2D eigenvalue weighted by Gasteiger charge is 2.46. The van der Waals surface area contributed by atoms with Crippen molar-refractivity contribution in [3.8, 4) is 0 Å². The molecule has 0 spiro atoms. The van der Waals surface area contributed by atoms with E-state index >= 15 is 0 Å². The molecule has 1 aliphatic heterocycles. The summed E-state index contributed by atoms with van der Waals surface area (Å²) in [6.07, 6.45) is 0.948. The van der Waals surface area contributed by atoms with Gasteiger partial charge in [0.05, 0.1) is 13.3 Å². The number of nitrogens with one attached hydrogen (secondary N) is 3. The molecular formula is C5H13N5O3. The van der Waals surface area contributed by atoms with Crippen LogP contribution in [-0.2, 0) is 14.5 Å². The molecule has 0 unspecified atom stereocenters. The number of hydrazine groups is 2. The van der Waals surface area contributed by atoms with Crippen molar-refractivity contribution in [3.63, 3.8) is 0 Å². The minimum Gasteiger partial charge on any atom is -0.306 e. The minimum absolute atomic E-state index is 0.948. The molecule has 0 saturated carbocycles. The van der Waals surface area contributed by atoms with Crippen LogP contribution >= 0.6 is 0 Å². The highest BCUT2D eigenvalue weighted by atomic mass is 17.0. The summed E-state index contributed by atoms with van der Waals surface area (Å²) in [5, 5.41) is 9.52. The zero-order chi connectivity index (χ0) is 9.90. The average molecular weight is 191 g/mol. The van der Waals surface area contributed by atoms with Crippen LogP contribution in [0.4, 0.5) is 0 Å². The Morgan fingerprint density at radius 1 is 1.77 bits per heavy atom. The van der Waals surface area contributed by atoms with Gasteiger partial charge in [-0.2, -0.15) is 0 Å². The first-order valence-corrected chi connectivity index (χ1v) is 3.58. The van der Waals surface area contributed by atoms with Crippen LogP contribution in [0.2, 0.25) is 0 Å². The molecule has 0 aromatic carbocycles. The van der Waals surface area contributed by atoms with Crippen LogP contribution in [0.25, 0.3) is 0 Å². The molecule has 0 aromatic rings. The topological polar surface area (TPSA) is 82.1 Å². The maximum absolute atomic E-state index is 7.17. The summed E-state index contributed by atoms with van der Waals surface area (Å²) in [5.41, 5.74) is 5.06. The third-order valence-electron chi connectivity index (χ3n) is 1.44. The van der Waals surface area contributed by atoms with Crippen molar-refractivity contribution in [2.45, 2.75) is 5.91 Å². The van der Waals surface area contributed by atoms with Gasteiger partial charge in [0, 0.05) is 14.1 Å². The van der Waals surface area contributed by atoms with E-state index in [1.807, 2.05) is 0 Å². The van der Waals surface area contributed by atoms with E-state index in [4.69, 9.17) is 19.9 Å². The summed E-state index contributed by atoms with van der Waals surface area (Å²) in [5.74, 6) is -1.42. The lowest BCUT2D eigenvalue weighted by atomic mass is 10.5. The number of hydrogen-bond acceptors (Lipinski definition) is 8. The fraction of sp³-hybridized carbons (Fsp3) is 0.800. The van der Waals surface area contributed by atoms with E-state index in [9.17, 15) is 0 Å². The second kappa shape index (κ2) is 4.07. The van der Waals surface area contributed by atoms with Crippen LogP contribution in [0.1, 0.15) is 0 Å². The Morgan fingerprint density at radius 2 is 2.46 bits per heavy atom. The molecule has 13 heavy (non-hydrogen) atoms. The van der Waals surface area contributed by atoms with Gasteiger partial charge >= 0.3 is 5.91 Å². The Hall–Kier alpha value is -0.610. The van der Waals surface area contributed by atoms with E-state index in [1.54, 1.807) is 14.1 Å². The van der Waals surface area contributed by atoms with Crippen molar-refractivity contribution in [1.29, 1.82) is 5.41 Å². The lowest BCUT2D eigenvalue weighted by Crippen LogP contribution is -2.56. The van der Waals surface area contributed by atoms with E-state index in [2.05, 4.69) is 11.0 Å². The fourth-order valence-corrected chi connectivity index (χ4v) is 0.930.